The van der Waals surface area contributed by atoms with E-state index < -0.39 is 5.56 Å². The van der Waals surface area contributed by atoms with Crippen LogP contribution in [0, 0.1) is 0 Å². The molecule has 0 radical (unpaired) electrons. The second kappa shape index (κ2) is 11.6. The molecule has 0 saturated carbocycles. The fourth-order valence-electron chi connectivity index (χ4n) is 4.12. The Morgan fingerprint density at radius 2 is 1.79 bits per heavy atom. The fourth-order valence-corrected chi connectivity index (χ4v) is 4.12. The van der Waals surface area contributed by atoms with Crippen molar-refractivity contribution in [2.24, 2.45) is 0 Å². The average molecular weight is 513 g/mol. The molecular weight excluding hydrogens is 484 g/mol. The van der Waals surface area contributed by atoms with Gasteiger partial charge in [-0.3, -0.25) is 9.59 Å². The number of rotatable bonds is 9. The number of hydrogen-bond acceptors (Lipinski definition) is 7. The minimum Gasteiger partial charge on any atom is -0.497 e. The molecule has 1 aliphatic heterocycles. The third-order valence-corrected chi connectivity index (χ3v) is 6.16. The van der Waals surface area contributed by atoms with Gasteiger partial charge in [0, 0.05) is 24.4 Å². The highest BCUT2D eigenvalue weighted by Crippen LogP contribution is 2.29. The standard InChI is InChI=1S/C29H28N4O5/c1-36-23-15-13-22(14-16-23)33-29(35)27(26(19-31-33)38-24-6-3-2-4-7-24)32-21-11-9-20(10-12-21)28(34)30-18-25-8-5-17-37-25/h2-4,6-7,9-16,19,25,32H,5,8,17-18H2,1H3,(H,30,34). The molecule has 1 aromatic heterocycles. The summed E-state index contributed by atoms with van der Waals surface area (Å²) in [5, 5.41) is 10.4. The minimum absolute atomic E-state index is 0.0717. The molecule has 2 N–H and O–H groups in total. The molecule has 1 aliphatic rings. The molecule has 1 amide bonds. The molecular formula is C29H28N4O5. The minimum atomic E-state index is -0.401. The number of benzene rings is 3. The van der Waals surface area contributed by atoms with Crippen LogP contribution in [0.2, 0.25) is 0 Å². The van der Waals surface area contributed by atoms with Crippen molar-refractivity contribution in [2.75, 3.05) is 25.6 Å². The van der Waals surface area contributed by atoms with E-state index >= 15 is 0 Å². The summed E-state index contributed by atoms with van der Waals surface area (Å²) in [4.78, 5) is 26.1. The van der Waals surface area contributed by atoms with E-state index in [4.69, 9.17) is 14.2 Å². The van der Waals surface area contributed by atoms with Gasteiger partial charge in [0.2, 0.25) is 0 Å². The van der Waals surface area contributed by atoms with Crippen LogP contribution in [0.15, 0.2) is 89.9 Å². The van der Waals surface area contributed by atoms with Gasteiger partial charge in [-0.05, 0) is 73.5 Å². The number of ether oxygens (including phenoxy) is 3. The van der Waals surface area contributed by atoms with Crippen LogP contribution >= 0.6 is 0 Å². The number of carbonyl (C=O) groups excluding carboxylic acids is 1. The number of methoxy groups -OCH3 is 1. The van der Waals surface area contributed by atoms with Gasteiger partial charge in [-0.1, -0.05) is 18.2 Å². The molecule has 9 heteroatoms. The van der Waals surface area contributed by atoms with E-state index in [1.54, 1.807) is 67.8 Å². The van der Waals surface area contributed by atoms with Crippen molar-refractivity contribution in [3.8, 4) is 22.9 Å². The van der Waals surface area contributed by atoms with Crippen molar-refractivity contribution in [3.63, 3.8) is 0 Å². The van der Waals surface area contributed by atoms with Crippen molar-refractivity contribution in [3.05, 3.63) is 101 Å². The number of hydrogen-bond donors (Lipinski definition) is 2. The summed E-state index contributed by atoms with van der Waals surface area (Å²) in [6.07, 6.45) is 3.54. The Morgan fingerprint density at radius 3 is 2.47 bits per heavy atom. The lowest BCUT2D eigenvalue weighted by atomic mass is 10.1. The number of para-hydroxylation sites is 1. The number of carbonyl (C=O) groups is 1. The van der Waals surface area contributed by atoms with Crippen LogP contribution in [0.4, 0.5) is 11.4 Å². The number of aromatic nitrogens is 2. The Balaban J connectivity index is 1.40. The van der Waals surface area contributed by atoms with Gasteiger partial charge in [-0.25, -0.2) is 0 Å². The smallest absolute Gasteiger partial charge is 0.299 e. The summed E-state index contributed by atoms with van der Waals surface area (Å²) in [5.41, 5.74) is 1.50. The summed E-state index contributed by atoms with van der Waals surface area (Å²) in [7, 11) is 1.58. The number of nitrogens with one attached hydrogen (secondary N) is 2. The van der Waals surface area contributed by atoms with Crippen LogP contribution in [-0.4, -0.2) is 42.1 Å². The number of amides is 1. The van der Waals surface area contributed by atoms with Crippen LogP contribution in [0.5, 0.6) is 17.2 Å². The molecule has 2 heterocycles. The predicted octanol–water partition coefficient (Wildman–Crippen LogP) is 4.69. The Morgan fingerprint density at radius 1 is 1.03 bits per heavy atom. The van der Waals surface area contributed by atoms with Gasteiger partial charge in [0.1, 0.15) is 11.5 Å². The zero-order valence-electron chi connectivity index (χ0n) is 20.9. The third kappa shape index (κ3) is 5.84. The van der Waals surface area contributed by atoms with E-state index in [1.807, 2.05) is 18.2 Å². The van der Waals surface area contributed by atoms with Crippen LogP contribution in [-0.2, 0) is 4.74 Å². The van der Waals surface area contributed by atoms with E-state index in [-0.39, 0.29) is 23.4 Å². The lowest BCUT2D eigenvalue weighted by molar-refractivity contribution is 0.0858. The molecule has 1 fully saturated rings. The van der Waals surface area contributed by atoms with Gasteiger partial charge in [0.15, 0.2) is 11.4 Å². The van der Waals surface area contributed by atoms with Gasteiger partial charge >= 0.3 is 0 Å². The molecule has 38 heavy (non-hydrogen) atoms. The van der Waals surface area contributed by atoms with Crippen LogP contribution in [0.3, 0.4) is 0 Å². The molecule has 0 bridgehead atoms. The van der Waals surface area contributed by atoms with Crippen LogP contribution in [0.25, 0.3) is 5.69 Å². The fraction of sp³-hybridized carbons (Fsp3) is 0.207. The Kier molecular flexibility index (Phi) is 7.65. The molecule has 1 atom stereocenters. The van der Waals surface area contributed by atoms with Gasteiger partial charge in [-0.15, -0.1) is 0 Å². The molecule has 0 aliphatic carbocycles. The van der Waals surface area contributed by atoms with Crippen LogP contribution in [0.1, 0.15) is 23.2 Å². The maximum absolute atomic E-state index is 13.6. The molecule has 4 aromatic rings. The maximum Gasteiger partial charge on any atom is 0.299 e. The summed E-state index contributed by atoms with van der Waals surface area (Å²) >= 11 is 0. The third-order valence-electron chi connectivity index (χ3n) is 6.16. The first-order valence-corrected chi connectivity index (χ1v) is 12.4. The summed E-state index contributed by atoms with van der Waals surface area (Å²) < 4.78 is 18.1. The van der Waals surface area contributed by atoms with Crippen LogP contribution < -0.4 is 25.7 Å². The molecule has 1 saturated heterocycles. The highest BCUT2D eigenvalue weighted by atomic mass is 16.5. The van der Waals surface area contributed by atoms with E-state index in [2.05, 4.69) is 15.7 Å². The maximum atomic E-state index is 13.6. The van der Waals surface area contributed by atoms with E-state index in [0.29, 0.717) is 35.0 Å². The molecule has 5 rings (SSSR count). The lowest BCUT2D eigenvalue weighted by Crippen LogP contribution is -2.31. The molecule has 0 spiro atoms. The first-order valence-electron chi connectivity index (χ1n) is 12.4. The Hall–Kier alpha value is -4.63. The van der Waals surface area contributed by atoms with E-state index in [9.17, 15) is 9.59 Å². The van der Waals surface area contributed by atoms with Crippen molar-refractivity contribution in [1.82, 2.24) is 15.1 Å². The first-order chi connectivity index (χ1) is 18.6. The normalized spacial score (nSPS) is 14.6. The SMILES string of the molecule is COc1ccc(-n2ncc(Oc3ccccc3)c(Nc3ccc(C(=O)NCC4CCCO4)cc3)c2=O)cc1. The second-order valence-electron chi connectivity index (χ2n) is 8.76. The lowest BCUT2D eigenvalue weighted by Gasteiger charge is -2.15. The molecule has 194 valence electrons. The first kappa shape index (κ1) is 25.0. The van der Waals surface area contributed by atoms with Gasteiger partial charge in [0.05, 0.1) is 25.1 Å². The zero-order valence-corrected chi connectivity index (χ0v) is 20.9. The van der Waals surface area contributed by atoms with Crippen molar-refractivity contribution < 1.29 is 19.0 Å². The monoisotopic (exact) mass is 512 g/mol. The van der Waals surface area contributed by atoms with Crippen molar-refractivity contribution in [2.45, 2.75) is 18.9 Å². The number of anilines is 2. The Labute approximate surface area is 220 Å². The van der Waals surface area contributed by atoms with Gasteiger partial charge in [-0.2, -0.15) is 9.78 Å². The predicted molar refractivity (Wildman–Crippen MR) is 144 cm³/mol. The summed E-state index contributed by atoms with van der Waals surface area (Å²) in [6.45, 7) is 1.23. The van der Waals surface area contributed by atoms with E-state index in [1.165, 1.54) is 10.9 Å². The van der Waals surface area contributed by atoms with Gasteiger partial charge < -0.3 is 24.8 Å². The molecule has 3 aromatic carbocycles. The highest BCUT2D eigenvalue weighted by molar-refractivity contribution is 5.94. The average Bonchev–Trinajstić information content (AvgIpc) is 3.49. The summed E-state index contributed by atoms with van der Waals surface area (Å²) in [5.74, 6) is 1.33. The number of nitrogens with zero attached hydrogens (tertiary/aromatic N) is 2. The summed E-state index contributed by atoms with van der Waals surface area (Å²) in [6, 6.07) is 23.1. The largest absolute Gasteiger partial charge is 0.497 e. The van der Waals surface area contributed by atoms with Gasteiger partial charge in [0.25, 0.3) is 11.5 Å². The van der Waals surface area contributed by atoms with Crippen molar-refractivity contribution >= 4 is 17.3 Å². The topological polar surface area (TPSA) is 104 Å². The molecule has 9 nitrogen and oxygen atoms in total. The van der Waals surface area contributed by atoms with Crippen molar-refractivity contribution in [1.29, 1.82) is 0 Å². The zero-order chi connectivity index (χ0) is 26.3. The second-order valence-corrected chi connectivity index (χ2v) is 8.76. The molecule has 1 unspecified atom stereocenters. The Bertz CT molecular complexity index is 1430. The quantitative estimate of drug-likeness (QED) is 0.335. The highest BCUT2D eigenvalue weighted by Gasteiger charge is 2.18. The van der Waals surface area contributed by atoms with E-state index in [0.717, 1.165) is 19.4 Å².